The van der Waals surface area contributed by atoms with Crippen molar-refractivity contribution in [1.29, 1.82) is 5.26 Å². The van der Waals surface area contributed by atoms with Crippen LogP contribution >= 0.6 is 34.5 Å². The lowest BCUT2D eigenvalue weighted by molar-refractivity contribution is 0.944. The predicted molar refractivity (Wildman–Crippen MR) is 85.8 cm³/mol. The number of rotatable bonds is 3. The van der Waals surface area contributed by atoms with Gasteiger partial charge in [-0.15, -0.1) is 11.3 Å². The van der Waals surface area contributed by atoms with Crippen LogP contribution in [0.5, 0.6) is 0 Å². The summed E-state index contributed by atoms with van der Waals surface area (Å²) in [5, 5.41) is 13.7. The lowest BCUT2D eigenvalue weighted by Gasteiger charge is -2.16. The van der Waals surface area contributed by atoms with Gasteiger partial charge in [0, 0.05) is 18.3 Å². The summed E-state index contributed by atoms with van der Waals surface area (Å²) in [6.45, 7) is 0.733. The second kappa shape index (κ2) is 5.41. The minimum atomic E-state index is 0.287. The van der Waals surface area contributed by atoms with Crippen molar-refractivity contribution in [2.24, 2.45) is 0 Å². The van der Waals surface area contributed by atoms with Crippen LogP contribution in [0.4, 0.5) is 5.00 Å². The van der Waals surface area contributed by atoms with Crippen molar-refractivity contribution in [3.63, 3.8) is 0 Å². The Labute approximate surface area is 129 Å². The van der Waals surface area contributed by atoms with E-state index in [1.165, 1.54) is 27.2 Å². The van der Waals surface area contributed by atoms with E-state index >= 15 is 0 Å². The van der Waals surface area contributed by atoms with Gasteiger partial charge >= 0.3 is 0 Å². The SMILES string of the molecule is CN(Cc1csc2ccccc12)c1snc(Cl)c1C#N. The molecule has 100 valence electrons. The molecule has 0 radical (unpaired) electrons. The Morgan fingerprint density at radius 3 is 3.00 bits per heavy atom. The molecule has 3 nitrogen and oxygen atoms in total. The summed E-state index contributed by atoms with van der Waals surface area (Å²) in [6.07, 6.45) is 0. The van der Waals surface area contributed by atoms with E-state index < -0.39 is 0 Å². The van der Waals surface area contributed by atoms with Gasteiger partial charge < -0.3 is 4.90 Å². The minimum Gasteiger partial charge on any atom is -0.360 e. The van der Waals surface area contributed by atoms with Crippen LogP contribution in [0.15, 0.2) is 29.6 Å². The van der Waals surface area contributed by atoms with E-state index in [4.69, 9.17) is 16.9 Å². The summed E-state index contributed by atoms with van der Waals surface area (Å²) in [6, 6.07) is 10.5. The third kappa shape index (κ3) is 2.27. The molecule has 0 aliphatic rings. The van der Waals surface area contributed by atoms with Crippen LogP contribution in [0.3, 0.4) is 0 Å². The maximum Gasteiger partial charge on any atom is 0.162 e. The molecule has 1 aromatic carbocycles. The standard InChI is InChI=1S/C14H10ClN3S2/c1-18(14-11(6-16)13(15)17-20-14)7-9-8-19-12-5-3-2-4-10(9)12/h2-5,8H,7H2,1H3. The van der Waals surface area contributed by atoms with Crippen molar-refractivity contribution in [3.8, 4) is 6.07 Å². The highest BCUT2D eigenvalue weighted by molar-refractivity contribution is 7.17. The molecular formula is C14H10ClN3S2. The fraction of sp³-hybridized carbons (Fsp3) is 0.143. The number of nitriles is 1. The Morgan fingerprint density at radius 2 is 2.20 bits per heavy atom. The predicted octanol–water partition coefficient (Wildman–Crippen LogP) is 4.52. The van der Waals surface area contributed by atoms with Crippen LogP contribution in [0.25, 0.3) is 10.1 Å². The lowest BCUT2D eigenvalue weighted by atomic mass is 10.1. The molecule has 20 heavy (non-hydrogen) atoms. The first-order valence-corrected chi connectivity index (χ1v) is 7.95. The Hall–Kier alpha value is -1.61. The van der Waals surface area contributed by atoms with Gasteiger partial charge in [-0.05, 0) is 33.9 Å². The topological polar surface area (TPSA) is 39.9 Å². The highest BCUT2D eigenvalue weighted by Gasteiger charge is 2.16. The maximum atomic E-state index is 9.14. The van der Waals surface area contributed by atoms with Crippen molar-refractivity contribution in [2.45, 2.75) is 6.54 Å². The van der Waals surface area contributed by atoms with E-state index in [1.54, 1.807) is 11.3 Å². The summed E-state index contributed by atoms with van der Waals surface area (Å²) in [5.41, 5.74) is 1.71. The van der Waals surface area contributed by atoms with Gasteiger partial charge in [0.2, 0.25) is 0 Å². The molecule has 0 spiro atoms. The molecule has 0 aliphatic heterocycles. The molecule has 0 aliphatic carbocycles. The Bertz CT molecular complexity index is 800. The summed E-state index contributed by atoms with van der Waals surface area (Å²) in [4.78, 5) is 2.02. The van der Waals surface area contributed by atoms with Gasteiger partial charge in [0.15, 0.2) is 5.15 Å². The quantitative estimate of drug-likeness (QED) is 0.712. The number of anilines is 1. The van der Waals surface area contributed by atoms with Crippen LogP contribution in [0.1, 0.15) is 11.1 Å². The summed E-state index contributed by atoms with van der Waals surface area (Å²) in [5.74, 6) is 0. The number of thiophene rings is 1. The van der Waals surface area contributed by atoms with Crippen molar-refractivity contribution in [2.75, 3.05) is 11.9 Å². The second-order valence-corrected chi connectivity index (χ2v) is 6.40. The zero-order valence-electron chi connectivity index (χ0n) is 10.6. The molecule has 0 saturated heterocycles. The number of fused-ring (bicyclic) bond motifs is 1. The van der Waals surface area contributed by atoms with E-state index in [0.717, 1.165) is 11.5 Å². The molecule has 0 N–H and O–H groups in total. The smallest absolute Gasteiger partial charge is 0.162 e. The number of nitrogens with zero attached hydrogens (tertiary/aromatic N) is 3. The van der Waals surface area contributed by atoms with Crippen LogP contribution < -0.4 is 4.90 Å². The largest absolute Gasteiger partial charge is 0.360 e. The molecule has 2 heterocycles. The fourth-order valence-corrected chi connectivity index (χ4v) is 4.04. The molecule has 0 fully saturated rings. The normalized spacial score (nSPS) is 10.7. The van der Waals surface area contributed by atoms with Gasteiger partial charge in [0.05, 0.1) is 0 Å². The average Bonchev–Trinajstić information content (AvgIpc) is 3.03. The minimum absolute atomic E-state index is 0.287. The van der Waals surface area contributed by atoms with Gasteiger partial charge in [-0.2, -0.15) is 9.64 Å². The van der Waals surface area contributed by atoms with Crippen LogP contribution in [0.2, 0.25) is 5.15 Å². The third-order valence-corrected chi connectivity index (χ3v) is 5.41. The summed E-state index contributed by atoms with van der Waals surface area (Å²) < 4.78 is 5.32. The first kappa shape index (κ1) is 13.4. The molecule has 0 bridgehead atoms. The zero-order chi connectivity index (χ0) is 14.1. The first-order chi connectivity index (χ1) is 9.70. The average molecular weight is 320 g/mol. The van der Waals surface area contributed by atoms with Gasteiger partial charge in [-0.3, -0.25) is 0 Å². The van der Waals surface area contributed by atoms with E-state index in [0.29, 0.717) is 5.56 Å². The number of hydrogen-bond acceptors (Lipinski definition) is 5. The fourth-order valence-electron chi connectivity index (χ4n) is 2.10. The van der Waals surface area contributed by atoms with Crippen LogP contribution in [-0.4, -0.2) is 11.4 Å². The van der Waals surface area contributed by atoms with E-state index in [-0.39, 0.29) is 5.15 Å². The molecular weight excluding hydrogens is 310 g/mol. The van der Waals surface area contributed by atoms with Crippen molar-refractivity contribution in [3.05, 3.63) is 45.9 Å². The molecule has 2 aromatic heterocycles. The summed E-state index contributed by atoms with van der Waals surface area (Å²) in [7, 11) is 1.96. The highest BCUT2D eigenvalue weighted by Crippen LogP contribution is 2.33. The Kier molecular flexibility index (Phi) is 3.62. The molecule has 0 unspecified atom stereocenters. The highest BCUT2D eigenvalue weighted by atomic mass is 35.5. The Morgan fingerprint density at radius 1 is 1.40 bits per heavy atom. The molecule has 0 amide bonds. The molecule has 3 aromatic rings. The Balaban J connectivity index is 1.93. The number of halogens is 1. The van der Waals surface area contributed by atoms with E-state index in [9.17, 15) is 0 Å². The van der Waals surface area contributed by atoms with Gasteiger partial charge in [0.25, 0.3) is 0 Å². The van der Waals surface area contributed by atoms with Gasteiger partial charge in [0.1, 0.15) is 16.6 Å². The van der Waals surface area contributed by atoms with Gasteiger partial charge in [-0.25, -0.2) is 0 Å². The first-order valence-electron chi connectivity index (χ1n) is 5.92. The van der Waals surface area contributed by atoms with Crippen LogP contribution in [-0.2, 0) is 6.54 Å². The number of hydrogen-bond donors (Lipinski definition) is 0. The molecule has 6 heteroatoms. The zero-order valence-corrected chi connectivity index (χ0v) is 13.0. The van der Waals surface area contributed by atoms with Crippen molar-refractivity contribution < 1.29 is 0 Å². The van der Waals surface area contributed by atoms with Gasteiger partial charge in [-0.1, -0.05) is 29.8 Å². The van der Waals surface area contributed by atoms with Crippen LogP contribution in [0, 0.1) is 11.3 Å². The maximum absolute atomic E-state index is 9.14. The number of benzene rings is 1. The second-order valence-electron chi connectivity index (χ2n) is 4.38. The molecule has 3 rings (SSSR count). The van der Waals surface area contributed by atoms with Crippen molar-refractivity contribution in [1.82, 2.24) is 4.37 Å². The van der Waals surface area contributed by atoms with E-state index in [1.807, 2.05) is 24.1 Å². The lowest BCUT2D eigenvalue weighted by Crippen LogP contribution is -2.15. The molecule has 0 atom stereocenters. The van der Waals surface area contributed by atoms with E-state index in [2.05, 4.69) is 28.0 Å². The monoisotopic (exact) mass is 319 g/mol. The third-order valence-electron chi connectivity index (χ3n) is 3.06. The number of aromatic nitrogens is 1. The summed E-state index contributed by atoms with van der Waals surface area (Å²) >= 11 is 8.92. The molecule has 0 saturated carbocycles. The van der Waals surface area contributed by atoms with Crippen molar-refractivity contribution >= 4 is 49.6 Å².